The molecule has 0 heterocycles. The molecule has 0 bridgehead atoms. The summed E-state index contributed by atoms with van der Waals surface area (Å²) in [5.41, 5.74) is 5.41. The fourth-order valence-electron chi connectivity index (χ4n) is 1.02. The van der Waals surface area contributed by atoms with Crippen LogP contribution in [0.5, 0.6) is 0 Å². The van der Waals surface area contributed by atoms with Gasteiger partial charge in [-0.1, -0.05) is 6.92 Å². The van der Waals surface area contributed by atoms with Crippen molar-refractivity contribution in [2.45, 2.75) is 38.8 Å². The van der Waals surface area contributed by atoms with Crippen molar-refractivity contribution in [3.63, 3.8) is 0 Å². The Morgan fingerprint density at radius 3 is 2.42 bits per heavy atom. The molecule has 1 unspecified atom stereocenters. The third kappa shape index (κ3) is 3.57. The molecule has 1 atom stereocenters. The topological polar surface area (TPSA) is 64.3 Å². The molecule has 4 nitrogen and oxygen atoms in total. The Morgan fingerprint density at radius 2 is 2.17 bits per heavy atom. The average molecular weight is 174 g/mol. The van der Waals surface area contributed by atoms with Gasteiger partial charge in [-0.25, -0.2) is 4.79 Å². The van der Waals surface area contributed by atoms with Crippen molar-refractivity contribution in [1.82, 2.24) is 5.32 Å². The Labute approximate surface area is 73.5 Å². The molecular weight excluding hydrogens is 156 g/mol. The Balaban J connectivity index is 4.09. The summed E-state index contributed by atoms with van der Waals surface area (Å²) in [5, 5.41) is 2.67. The minimum atomic E-state index is -0.430. The van der Waals surface area contributed by atoms with Crippen LogP contribution in [0.2, 0.25) is 0 Å². The normalized spacial score (nSPS) is 13.8. The summed E-state index contributed by atoms with van der Waals surface area (Å²) in [6, 6.07) is -0.0510. The first kappa shape index (κ1) is 11.2. The molecule has 0 aromatic carbocycles. The zero-order valence-corrected chi connectivity index (χ0v) is 8.18. The van der Waals surface area contributed by atoms with Gasteiger partial charge in [0.25, 0.3) is 0 Å². The van der Waals surface area contributed by atoms with Gasteiger partial charge in [0, 0.05) is 11.6 Å². The van der Waals surface area contributed by atoms with Crippen LogP contribution in [0.4, 0.5) is 4.79 Å². The van der Waals surface area contributed by atoms with Crippen LogP contribution in [-0.2, 0) is 4.74 Å². The first-order valence-corrected chi connectivity index (χ1v) is 4.05. The first-order chi connectivity index (χ1) is 5.41. The summed E-state index contributed by atoms with van der Waals surface area (Å²) in [6.45, 7) is 5.71. The lowest BCUT2D eigenvalue weighted by Gasteiger charge is -2.29. The van der Waals surface area contributed by atoms with E-state index in [2.05, 4.69) is 10.1 Å². The van der Waals surface area contributed by atoms with E-state index in [0.29, 0.717) is 0 Å². The highest BCUT2D eigenvalue weighted by atomic mass is 16.5. The molecule has 0 saturated carbocycles. The Morgan fingerprint density at radius 1 is 1.67 bits per heavy atom. The van der Waals surface area contributed by atoms with Crippen LogP contribution >= 0.6 is 0 Å². The zero-order chi connectivity index (χ0) is 9.78. The van der Waals surface area contributed by atoms with E-state index >= 15 is 0 Å². The number of hydrogen-bond donors (Lipinski definition) is 2. The van der Waals surface area contributed by atoms with Crippen molar-refractivity contribution in [1.29, 1.82) is 0 Å². The van der Waals surface area contributed by atoms with E-state index in [1.165, 1.54) is 7.11 Å². The van der Waals surface area contributed by atoms with Crippen LogP contribution in [0.1, 0.15) is 27.2 Å². The summed E-state index contributed by atoms with van der Waals surface area (Å²) >= 11 is 0. The quantitative estimate of drug-likeness (QED) is 0.667. The van der Waals surface area contributed by atoms with E-state index in [0.717, 1.165) is 6.42 Å². The second-order valence-electron chi connectivity index (χ2n) is 3.42. The lowest BCUT2D eigenvalue weighted by Crippen LogP contribution is -2.54. The van der Waals surface area contributed by atoms with Gasteiger partial charge in [-0.05, 0) is 20.3 Å². The third-order valence-corrected chi connectivity index (χ3v) is 1.78. The van der Waals surface area contributed by atoms with Gasteiger partial charge in [0.15, 0.2) is 0 Å². The van der Waals surface area contributed by atoms with E-state index in [4.69, 9.17) is 5.73 Å². The number of hydrogen-bond acceptors (Lipinski definition) is 3. The van der Waals surface area contributed by atoms with E-state index in [-0.39, 0.29) is 6.04 Å². The number of carbonyl (C=O) groups excluding carboxylic acids is 1. The van der Waals surface area contributed by atoms with Crippen molar-refractivity contribution in [2.24, 2.45) is 5.73 Å². The largest absolute Gasteiger partial charge is 0.453 e. The maximum absolute atomic E-state index is 10.8. The lowest BCUT2D eigenvalue weighted by atomic mass is 9.94. The highest BCUT2D eigenvalue weighted by Gasteiger charge is 2.24. The number of ether oxygens (including phenoxy) is 1. The molecule has 0 radical (unpaired) electrons. The molecule has 3 N–H and O–H groups in total. The lowest BCUT2D eigenvalue weighted by molar-refractivity contribution is 0.160. The Kier molecular flexibility index (Phi) is 4.03. The van der Waals surface area contributed by atoms with Gasteiger partial charge < -0.3 is 15.8 Å². The number of rotatable bonds is 3. The van der Waals surface area contributed by atoms with Crippen molar-refractivity contribution in [3.05, 3.63) is 0 Å². The minimum Gasteiger partial charge on any atom is -0.453 e. The Bertz CT molecular complexity index is 152. The fraction of sp³-hybridized carbons (Fsp3) is 0.875. The van der Waals surface area contributed by atoms with Crippen LogP contribution in [-0.4, -0.2) is 24.8 Å². The summed E-state index contributed by atoms with van der Waals surface area (Å²) in [6.07, 6.45) is 0.360. The molecule has 0 spiro atoms. The molecule has 0 rings (SSSR count). The standard InChI is InChI=1S/C8H18N2O2/c1-5-6(8(2,3)9)10-7(11)12-4/h6H,5,9H2,1-4H3,(H,10,11). The molecule has 0 saturated heterocycles. The summed E-state index contributed by atoms with van der Waals surface area (Å²) < 4.78 is 4.47. The molecule has 0 aromatic rings. The first-order valence-electron chi connectivity index (χ1n) is 4.05. The smallest absolute Gasteiger partial charge is 0.407 e. The highest BCUT2D eigenvalue weighted by molar-refractivity contribution is 5.67. The average Bonchev–Trinajstić information content (AvgIpc) is 1.97. The van der Waals surface area contributed by atoms with Crippen LogP contribution in [0, 0.1) is 0 Å². The Hall–Kier alpha value is -0.770. The summed E-state index contributed by atoms with van der Waals surface area (Å²) in [4.78, 5) is 10.8. The van der Waals surface area contributed by atoms with Crippen LogP contribution in [0.3, 0.4) is 0 Å². The van der Waals surface area contributed by atoms with Gasteiger partial charge in [0.1, 0.15) is 0 Å². The number of amides is 1. The number of nitrogens with two attached hydrogens (primary N) is 1. The van der Waals surface area contributed by atoms with Crippen molar-refractivity contribution in [2.75, 3.05) is 7.11 Å². The molecule has 0 fully saturated rings. The minimum absolute atomic E-state index is 0.0510. The molecule has 4 heteroatoms. The van der Waals surface area contributed by atoms with Crippen LogP contribution < -0.4 is 11.1 Å². The predicted molar refractivity (Wildman–Crippen MR) is 47.9 cm³/mol. The van der Waals surface area contributed by atoms with E-state index in [1.54, 1.807) is 0 Å². The molecular formula is C8H18N2O2. The molecule has 0 aliphatic rings. The molecule has 0 aliphatic carbocycles. The summed E-state index contributed by atoms with van der Waals surface area (Å²) in [5.74, 6) is 0. The number of alkyl carbamates (subject to hydrolysis) is 1. The van der Waals surface area contributed by atoms with Gasteiger partial charge in [-0.3, -0.25) is 0 Å². The van der Waals surface area contributed by atoms with Gasteiger partial charge in [-0.15, -0.1) is 0 Å². The number of carbonyl (C=O) groups is 1. The van der Waals surface area contributed by atoms with Gasteiger partial charge in [0.05, 0.1) is 7.11 Å². The maximum atomic E-state index is 10.8. The van der Waals surface area contributed by atoms with Crippen LogP contribution in [0.25, 0.3) is 0 Å². The van der Waals surface area contributed by atoms with Gasteiger partial charge in [-0.2, -0.15) is 0 Å². The van der Waals surface area contributed by atoms with Crippen molar-refractivity contribution in [3.8, 4) is 0 Å². The molecule has 0 aliphatic heterocycles. The summed E-state index contributed by atoms with van der Waals surface area (Å²) in [7, 11) is 1.34. The molecule has 0 aromatic heterocycles. The SMILES string of the molecule is CCC(NC(=O)OC)C(C)(C)N. The molecule has 12 heavy (non-hydrogen) atoms. The second kappa shape index (κ2) is 4.30. The van der Waals surface area contributed by atoms with Gasteiger partial charge in [0.2, 0.25) is 0 Å². The predicted octanol–water partition coefficient (Wildman–Crippen LogP) is 0.858. The van der Waals surface area contributed by atoms with E-state index in [9.17, 15) is 4.79 Å². The maximum Gasteiger partial charge on any atom is 0.407 e. The van der Waals surface area contributed by atoms with Crippen molar-refractivity contribution < 1.29 is 9.53 Å². The fourth-order valence-corrected chi connectivity index (χ4v) is 1.02. The van der Waals surface area contributed by atoms with Gasteiger partial charge >= 0.3 is 6.09 Å². The van der Waals surface area contributed by atoms with Crippen LogP contribution in [0.15, 0.2) is 0 Å². The van der Waals surface area contributed by atoms with Crippen molar-refractivity contribution >= 4 is 6.09 Å². The zero-order valence-electron chi connectivity index (χ0n) is 8.18. The molecule has 1 amide bonds. The van der Waals surface area contributed by atoms with E-state index in [1.807, 2.05) is 20.8 Å². The highest BCUT2D eigenvalue weighted by Crippen LogP contribution is 2.08. The molecule has 72 valence electrons. The number of nitrogens with one attached hydrogen (secondary N) is 1. The van der Waals surface area contributed by atoms with E-state index < -0.39 is 11.6 Å². The monoisotopic (exact) mass is 174 g/mol. The number of methoxy groups -OCH3 is 1. The second-order valence-corrected chi connectivity index (χ2v) is 3.42. The third-order valence-electron chi connectivity index (χ3n) is 1.78.